The number of sulfone groups is 3. The molecule has 15 heteroatoms. The Hall–Kier alpha value is -10.0. The van der Waals surface area contributed by atoms with Crippen molar-refractivity contribution in [1.29, 1.82) is 0 Å². The Bertz CT molecular complexity index is 4250. The van der Waals surface area contributed by atoms with Crippen LogP contribution in [0.3, 0.4) is 0 Å². The fraction of sp³-hybridized carbons (Fsp3) is 0. The minimum Gasteiger partial charge on any atom is -0.457 e. The third-order valence-electron chi connectivity index (χ3n) is 11.9. The van der Waals surface area contributed by atoms with E-state index in [9.17, 15) is 25.3 Å². The lowest BCUT2D eigenvalue weighted by Crippen LogP contribution is -2.04. The van der Waals surface area contributed by atoms with E-state index in [0.717, 1.165) is 0 Å². The second-order valence-corrected chi connectivity index (χ2v) is 23.0. The summed E-state index contributed by atoms with van der Waals surface area (Å²) in [4.78, 5) is 0.216. The van der Waals surface area contributed by atoms with E-state index in [4.69, 9.17) is 41.3 Å². The highest BCUT2D eigenvalue weighted by molar-refractivity contribution is 7.92. The van der Waals surface area contributed by atoms with Gasteiger partial charge in [-0.1, -0.05) is 36.1 Å². The highest BCUT2D eigenvalue weighted by Gasteiger charge is 2.24. The molecule has 0 saturated carbocycles. The molecule has 0 heterocycles. The Morgan fingerprint density at radius 2 is 0.506 bits per heavy atom. The van der Waals surface area contributed by atoms with Crippen LogP contribution in [0.15, 0.2) is 272 Å². The van der Waals surface area contributed by atoms with E-state index in [1.54, 1.807) is 152 Å². The molecule has 12 nitrogen and oxygen atoms in total. The Morgan fingerprint density at radius 1 is 0.253 bits per heavy atom. The molecule has 0 saturated heterocycles. The molecule has 0 aliphatic heterocycles. The van der Waals surface area contributed by atoms with Gasteiger partial charge in [0, 0.05) is 23.3 Å². The van der Waals surface area contributed by atoms with Crippen LogP contribution in [0.25, 0.3) is 0 Å². The van der Waals surface area contributed by atoms with Gasteiger partial charge in [0.2, 0.25) is 29.5 Å². The van der Waals surface area contributed by atoms with Crippen molar-refractivity contribution in [2.75, 3.05) is 0 Å². The first-order chi connectivity index (χ1) is 38.2. The molecular weight excluding hydrogens is 1060 g/mol. The fourth-order valence-electron chi connectivity index (χ4n) is 7.84. The zero-order valence-electron chi connectivity index (χ0n) is 41.4. The van der Waals surface area contributed by atoms with Gasteiger partial charge in [-0.2, -0.15) is 0 Å². The SMILES string of the molecule is C#Cc1ccc(Oc2ccc(S(=O)(=O)c3ccc(Oc4cccc(Oc5ccc(S(=O)(=O)c6ccccc6Oc6cccc(Oc7ccc(S(=O)(=O)c8ccc(Oc9ccc(C#C)cc9)cc8)cc7)c6)cc5)c4)cc3)cc2)cc1. The lowest BCUT2D eigenvalue weighted by molar-refractivity contribution is 0.452. The third-order valence-corrected chi connectivity index (χ3v) is 17.2. The molecule has 0 unspecified atom stereocenters. The van der Waals surface area contributed by atoms with E-state index >= 15 is 0 Å². The smallest absolute Gasteiger partial charge is 0.210 e. The molecule has 0 atom stereocenters. The summed E-state index contributed by atoms with van der Waals surface area (Å²) in [5.74, 6) is 9.71. The first-order valence-electron chi connectivity index (χ1n) is 24.0. The molecule has 0 spiro atoms. The normalized spacial score (nSPS) is 11.3. The first-order valence-corrected chi connectivity index (χ1v) is 28.4. The Balaban J connectivity index is 0.742. The summed E-state index contributed by atoms with van der Waals surface area (Å²) in [6.45, 7) is 0. The van der Waals surface area contributed by atoms with E-state index in [1.165, 1.54) is 91.0 Å². The van der Waals surface area contributed by atoms with E-state index in [2.05, 4.69) is 11.8 Å². The summed E-state index contributed by atoms with van der Waals surface area (Å²) < 4.78 is 118. The highest BCUT2D eigenvalue weighted by Crippen LogP contribution is 2.37. The van der Waals surface area contributed by atoms with Gasteiger partial charge < -0.3 is 28.4 Å². The monoisotopic (exact) mass is 1100 g/mol. The summed E-state index contributed by atoms with van der Waals surface area (Å²) in [5, 5.41) is 0. The Morgan fingerprint density at radius 3 is 0.810 bits per heavy atom. The van der Waals surface area contributed by atoms with Gasteiger partial charge in [-0.25, -0.2) is 25.3 Å². The van der Waals surface area contributed by atoms with Crippen molar-refractivity contribution in [3.8, 4) is 93.7 Å². The van der Waals surface area contributed by atoms with Gasteiger partial charge in [0.25, 0.3) is 0 Å². The average Bonchev–Trinajstić information content (AvgIpc) is 3.50. The van der Waals surface area contributed by atoms with E-state index in [-0.39, 0.29) is 40.9 Å². The van der Waals surface area contributed by atoms with Gasteiger partial charge in [0.1, 0.15) is 73.9 Å². The minimum absolute atomic E-state index is 0.00987. The summed E-state index contributed by atoms with van der Waals surface area (Å²) in [5.41, 5.74) is 1.43. The number of hydrogen-bond donors (Lipinski definition) is 0. The van der Waals surface area contributed by atoms with Gasteiger partial charge in [-0.15, -0.1) is 12.8 Å². The number of para-hydroxylation sites is 1. The molecule has 0 radical (unpaired) electrons. The van der Waals surface area contributed by atoms with Crippen molar-refractivity contribution in [3.63, 3.8) is 0 Å². The molecule has 79 heavy (non-hydrogen) atoms. The topological polar surface area (TPSA) is 158 Å². The summed E-state index contributed by atoms with van der Waals surface area (Å²) >= 11 is 0. The van der Waals surface area contributed by atoms with Crippen LogP contribution in [-0.2, 0) is 29.5 Å². The van der Waals surface area contributed by atoms with Gasteiger partial charge in [-0.05, 0) is 206 Å². The molecule has 10 aromatic rings. The van der Waals surface area contributed by atoms with Crippen molar-refractivity contribution in [1.82, 2.24) is 0 Å². The molecule has 388 valence electrons. The molecule has 0 bridgehead atoms. The highest BCUT2D eigenvalue weighted by atomic mass is 32.2. The first kappa shape index (κ1) is 52.4. The predicted octanol–water partition coefficient (Wildman–Crippen LogP) is 14.9. The standard InChI is InChI=1S/C64H42O12S3/c1-3-45-15-19-47(20-16-45)71-49-23-33-58(34-24-49)77(65,66)60-37-27-51(28-38-60)73-54-9-7-10-55(43-54)74-53-31-41-62(42-32-53)79(69,70)64-14-6-5-13-63(64)76-57-12-8-11-56(44-57)75-52-29-39-61(40-30-52)78(67,68)59-35-25-50(26-36-59)72-48-21-17-46(4-2)18-22-48/h1-2,5-44H. The van der Waals surface area contributed by atoms with Gasteiger partial charge in [0.15, 0.2) is 0 Å². The second-order valence-electron chi connectivity index (χ2n) is 17.2. The zero-order valence-corrected chi connectivity index (χ0v) is 43.8. The number of benzene rings is 10. The summed E-state index contributed by atoms with van der Waals surface area (Å²) in [7, 11) is -11.8. The quantitative estimate of drug-likeness (QED) is 0.0750. The lowest BCUT2D eigenvalue weighted by atomic mass is 10.2. The van der Waals surface area contributed by atoms with Crippen LogP contribution in [0.1, 0.15) is 11.1 Å². The molecule has 0 fully saturated rings. The minimum atomic E-state index is -4.12. The summed E-state index contributed by atoms with van der Waals surface area (Å²) in [6, 6.07) is 63.6. The van der Waals surface area contributed by atoms with Crippen LogP contribution in [0.2, 0.25) is 0 Å². The van der Waals surface area contributed by atoms with Crippen molar-refractivity contribution in [3.05, 3.63) is 254 Å². The maximum absolute atomic E-state index is 14.1. The molecular formula is C64H42O12S3. The maximum Gasteiger partial charge on any atom is 0.210 e. The molecule has 0 aliphatic rings. The number of hydrogen-bond acceptors (Lipinski definition) is 12. The van der Waals surface area contributed by atoms with Gasteiger partial charge >= 0.3 is 0 Å². The molecule has 0 amide bonds. The third kappa shape index (κ3) is 12.3. The van der Waals surface area contributed by atoms with Crippen LogP contribution in [0.4, 0.5) is 0 Å². The Kier molecular flexibility index (Phi) is 15.0. The number of terminal acetylenes is 2. The largest absolute Gasteiger partial charge is 0.457 e. The molecule has 0 aliphatic carbocycles. The van der Waals surface area contributed by atoms with Crippen molar-refractivity contribution < 1.29 is 53.7 Å². The number of rotatable bonds is 18. The predicted molar refractivity (Wildman–Crippen MR) is 297 cm³/mol. The molecule has 0 aromatic heterocycles. The lowest BCUT2D eigenvalue weighted by Gasteiger charge is -2.14. The van der Waals surface area contributed by atoms with Gasteiger partial charge in [-0.3, -0.25) is 0 Å². The molecule has 10 rings (SSSR count). The van der Waals surface area contributed by atoms with Crippen LogP contribution in [0.5, 0.6) is 69.0 Å². The molecule has 0 N–H and O–H groups in total. The maximum atomic E-state index is 14.1. The van der Waals surface area contributed by atoms with Crippen molar-refractivity contribution in [2.45, 2.75) is 29.4 Å². The van der Waals surface area contributed by atoms with E-state index in [1.807, 2.05) is 0 Å². The number of ether oxygens (including phenoxy) is 6. The zero-order chi connectivity index (χ0) is 55.0. The van der Waals surface area contributed by atoms with Crippen LogP contribution in [0, 0.1) is 24.7 Å². The summed E-state index contributed by atoms with van der Waals surface area (Å²) in [6.07, 6.45) is 10.8. The van der Waals surface area contributed by atoms with Crippen LogP contribution < -0.4 is 28.4 Å². The fourth-order valence-corrected chi connectivity index (χ4v) is 11.7. The van der Waals surface area contributed by atoms with Crippen molar-refractivity contribution in [2.24, 2.45) is 0 Å². The van der Waals surface area contributed by atoms with Crippen LogP contribution in [-0.4, -0.2) is 25.3 Å². The average molecular weight is 1100 g/mol. The Labute approximate surface area is 457 Å². The molecule has 10 aromatic carbocycles. The van der Waals surface area contributed by atoms with Gasteiger partial charge in [0.05, 0.1) is 24.5 Å². The van der Waals surface area contributed by atoms with Crippen molar-refractivity contribution >= 4 is 29.5 Å². The van der Waals surface area contributed by atoms with E-state index < -0.39 is 29.5 Å². The second kappa shape index (κ2) is 22.7. The van der Waals surface area contributed by atoms with E-state index in [0.29, 0.717) is 68.6 Å². The van der Waals surface area contributed by atoms with Crippen LogP contribution >= 0.6 is 0 Å².